The molecule has 0 saturated carbocycles. The summed E-state index contributed by atoms with van der Waals surface area (Å²) in [6, 6.07) is 15.1. The van der Waals surface area contributed by atoms with Gasteiger partial charge >= 0.3 is 0 Å². The van der Waals surface area contributed by atoms with E-state index in [1.54, 1.807) is 18.2 Å². The summed E-state index contributed by atoms with van der Waals surface area (Å²) in [7, 11) is 0. The van der Waals surface area contributed by atoms with Gasteiger partial charge in [0.05, 0.1) is 11.4 Å². The first-order valence-electron chi connectivity index (χ1n) is 6.49. The van der Waals surface area contributed by atoms with E-state index in [0.717, 1.165) is 17.1 Å². The van der Waals surface area contributed by atoms with Crippen molar-refractivity contribution in [3.63, 3.8) is 0 Å². The molecule has 2 aromatic rings. The smallest absolute Gasteiger partial charge is 0.226 e. The van der Waals surface area contributed by atoms with Crippen LogP contribution in [0.1, 0.15) is 13.8 Å². The number of anilines is 3. The molecular formula is C16H17ClN2O. The Morgan fingerprint density at radius 1 is 1.05 bits per heavy atom. The Balaban J connectivity index is 2.26. The van der Waals surface area contributed by atoms with Gasteiger partial charge in [0.15, 0.2) is 0 Å². The average Bonchev–Trinajstić information content (AvgIpc) is 2.42. The van der Waals surface area contributed by atoms with Crippen LogP contribution < -0.4 is 10.6 Å². The van der Waals surface area contributed by atoms with E-state index >= 15 is 0 Å². The zero-order valence-corrected chi connectivity index (χ0v) is 12.2. The van der Waals surface area contributed by atoms with Crippen molar-refractivity contribution in [2.24, 2.45) is 5.92 Å². The molecule has 0 unspecified atom stereocenters. The van der Waals surface area contributed by atoms with Crippen LogP contribution in [0.2, 0.25) is 5.02 Å². The highest BCUT2D eigenvalue weighted by Gasteiger charge is 2.10. The number of hydrogen-bond acceptors (Lipinski definition) is 2. The Morgan fingerprint density at radius 2 is 1.75 bits per heavy atom. The van der Waals surface area contributed by atoms with E-state index in [4.69, 9.17) is 11.6 Å². The second-order valence-corrected chi connectivity index (χ2v) is 5.26. The summed E-state index contributed by atoms with van der Waals surface area (Å²) < 4.78 is 0. The number of amides is 1. The van der Waals surface area contributed by atoms with Crippen LogP contribution in [-0.2, 0) is 4.79 Å². The predicted molar refractivity (Wildman–Crippen MR) is 84.6 cm³/mol. The third-order valence-corrected chi connectivity index (χ3v) is 3.05. The molecule has 4 heteroatoms. The number of carbonyl (C=O) groups is 1. The average molecular weight is 289 g/mol. The molecule has 2 N–H and O–H groups in total. The third-order valence-electron chi connectivity index (χ3n) is 2.82. The molecule has 104 valence electrons. The molecule has 0 bridgehead atoms. The first-order chi connectivity index (χ1) is 9.56. The van der Waals surface area contributed by atoms with Gasteiger partial charge in [0, 0.05) is 16.6 Å². The summed E-state index contributed by atoms with van der Waals surface area (Å²) in [5, 5.41) is 6.77. The molecule has 2 aromatic carbocycles. The number of hydrogen-bond donors (Lipinski definition) is 2. The van der Waals surface area contributed by atoms with E-state index in [1.807, 2.05) is 44.2 Å². The molecule has 0 spiro atoms. The summed E-state index contributed by atoms with van der Waals surface area (Å²) in [6.07, 6.45) is 0. The minimum atomic E-state index is -0.0738. The zero-order chi connectivity index (χ0) is 14.5. The molecule has 0 saturated heterocycles. The topological polar surface area (TPSA) is 41.1 Å². The van der Waals surface area contributed by atoms with Crippen LogP contribution in [0.3, 0.4) is 0 Å². The monoisotopic (exact) mass is 288 g/mol. The maximum atomic E-state index is 11.8. The molecule has 0 atom stereocenters. The highest BCUT2D eigenvalue weighted by Crippen LogP contribution is 2.29. The molecule has 0 heterocycles. The summed E-state index contributed by atoms with van der Waals surface area (Å²) in [5.74, 6) is -0.0984. The standard InChI is InChI=1S/C16H17ClN2O/c1-11(2)16(20)19-14-9-8-12(17)10-15(14)18-13-6-4-3-5-7-13/h3-11,18H,1-2H3,(H,19,20). The zero-order valence-electron chi connectivity index (χ0n) is 11.5. The largest absolute Gasteiger partial charge is 0.354 e. The van der Waals surface area contributed by atoms with Crippen LogP contribution >= 0.6 is 11.6 Å². The summed E-state index contributed by atoms with van der Waals surface area (Å²) in [4.78, 5) is 11.8. The number of benzene rings is 2. The molecule has 0 radical (unpaired) electrons. The Labute approximate surface area is 124 Å². The number of nitrogens with one attached hydrogen (secondary N) is 2. The lowest BCUT2D eigenvalue weighted by molar-refractivity contribution is -0.118. The van der Waals surface area contributed by atoms with E-state index in [0.29, 0.717) is 5.02 Å². The van der Waals surface area contributed by atoms with Gasteiger partial charge in [0.25, 0.3) is 0 Å². The molecule has 0 fully saturated rings. The highest BCUT2D eigenvalue weighted by molar-refractivity contribution is 6.31. The van der Waals surface area contributed by atoms with Crippen LogP contribution in [0.4, 0.5) is 17.1 Å². The SMILES string of the molecule is CC(C)C(=O)Nc1ccc(Cl)cc1Nc1ccccc1. The second kappa shape index (κ2) is 6.44. The van der Waals surface area contributed by atoms with Crippen molar-refractivity contribution >= 4 is 34.6 Å². The Bertz CT molecular complexity index is 597. The third kappa shape index (κ3) is 3.75. The predicted octanol–water partition coefficient (Wildman–Crippen LogP) is 4.68. The van der Waals surface area contributed by atoms with Crippen LogP contribution in [0.15, 0.2) is 48.5 Å². The van der Waals surface area contributed by atoms with Crippen LogP contribution in [0.5, 0.6) is 0 Å². The summed E-state index contributed by atoms with van der Waals surface area (Å²) >= 11 is 6.03. The fourth-order valence-electron chi connectivity index (χ4n) is 1.68. The first kappa shape index (κ1) is 14.4. The fraction of sp³-hybridized carbons (Fsp3) is 0.188. The second-order valence-electron chi connectivity index (χ2n) is 4.82. The van der Waals surface area contributed by atoms with E-state index < -0.39 is 0 Å². The van der Waals surface area contributed by atoms with Gasteiger partial charge in [-0.15, -0.1) is 0 Å². The van der Waals surface area contributed by atoms with Crippen molar-refractivity contribution in [2.45, 2.75) is 13.8 Å². The molecule has 20 heavy (non-hydrogen) atoms. The van der Waals surface area contributed by atoms with Crippen molar-refractivity contribution < 1.29 is 4.79 Å². The van der Waals surface area contributed by atoms with Crippen LogP contribution in [0.25, 0.3) is 0 Å². The van der Waals surface area contributed by atoms with Crippen molar-refractivity contribution in [1.82, 2.24) is 0 Å². The van der Waals surface area contributed by atoms with E-state index in [2.05, 4.69) is 10.6 Å². The maximum Gasteiger partial charge on any atom is 0.226 e. The first-order valence-corrected chi connectivity index (χ1v) is 6.86. The number of carbonyl (C=O) groups excluding carboxylic acids is 1. The molecule has 0 aromatic heterocycles. The molecule has 0 aliphatic heterocycles. The van der Waals surface area contributed by atoms with Gasteiger partial charge < -0.3 is 10.6 Å². The summed E-state index contributed by atoms with van der Waals surface area (Å²) in [5.41, 5.74) is 2.43. The Morgan fingerprint density at radius 3 is 2.40 bits per heavy atom. The lowest BCUT2D eigenvalue weighted by atomic mass is 10.2. The molecule has 0 aliphatic carbocycles. The summed E-state index contributed by atoms with van der Waals surface area (Å²) in [6.45, 7) is 3.71. The lowest BCUT2D eigenvalue weighted by Crippen LogP contribution is -2.18. The lowest BCUT2D eigenvalue weighted by Gasteiger charge is -2.14. The van der Waals surface area contributed by atoms with Gasteiger partial charge in [-0.25, -0.2) is 0 Å². The van der Waals surface area contributed by atoms with Gasteiger partial charge in [-0.3, -0.25) is 4.79 Å². The van der Waals surface area contributed by atoms with Crippen LogP contribution in [0, 0.1) is 5.92 Å². The number of halogens is 1. The normalized spacial score (nSPS) is 10.4. The van der Waals surface area contributed by atoms with Gasteiger partial charge in [-0.2, -0.15) is 0 Å². The van der Waals surface area contributed by atoms with E-state index in [9.17, 15) is 4.79 Å². The molecule has 0 aliphatic rings. The minimum Gasteiger partial charge on any atom is -0.354 e. The van der Waals surface area contributed by atoms with Crippen LogP contribution in [-0.4, -0.2) is 5.91 Å². The van der Waals surface area contributed by atoms with Gasteiger partial charge in [0.2, 0.25) is 5.91 Å². The van der Waals surface area contributed by atoms with E-state index in [-0.39, 0.29) is 11.8 Å². The highest BCUT2D eigenvalue weighted by atomic mass is 35.5. The van der Waals surface area contributed by atoms with Crippen molar-refractivity contribution in [1.29, 1.82) is 0 Å². The van der Waals surface area contributed by atoms with Crippen molar-refractivity contribution in [3.05, 3.63) is 53.6 Å². The Kier molecular flexibility index (Phi) is 4.64. The van der Waals surface area contributed by atoms with Gasteiger partial charge in [-0.1, -0.05) is 43.6 Å². The van der Waals surface area contributed by atoms with Gasteiger partial charge in [0.1, 0.15) is 0 Å². The van der Waals surface area contributed by atoms with Crippen molar-refractivity contribution in [2.75, 3.05) is 10.6 Å². The molecule has 1 amide bonds. The maximum absolute atomic E-state index is 11.8. The number of para-hydroxylation sites is 1. The fourth-order valence-corrected chi connectivity index (χ4v) is 1.86. The van der Waals surface area contributed by atoms with Crippen molar-refractivity contribution in [3.8, 4) is 0 Å². The minimum absolute atomic E-state index is 0.0246. The Hall–Kier alpha value is -2.00. The quantitative estimate of drug-likeness (QED) is 0.858. The number of rotatable bonds is 4. The van der Waals surface area contributed by atoms with E-state index in [1.165, 1.54) is 0 Å². The molecule has 3 nitrogen and oxygen atoms in total. The molecule has 2 rings (SSSR count). The van der Waals surface area contributed by atoms with Gasteiger partial charge in [-0.05, 0) is 30.3 Å². The molecular weight excluding hydrogens is 272 g/mol.